The van der Waals surface area contributed by atoms with Crippen molar-refractivity contribution in [3.63, 3.8) is 0 Å². The van der Waals surface area contributed by atoms with E-state index in [1.165, 1.54) is 6.20 Å². The Morgan fingerprint density at radius 3 is 2.35 bits per heavy atom. The third-order valence-corrected chi connectivity index (χ3v) is 4.34. The third-order valence-electron chi connectivity index (χ3n) is 4.34. The van der Waals surface area contributed by atoms with Crippen LogP contribution < -0.4 is 5.73 Å². The summed E-state index contributed by atoms with van der Waals surface area (Å²) in [5.74, 6) is -0.331. The Morgan fingerprint density at radius 1 is 1.15 bits per heavy atom. The first-order valence-corrected chi connectivity index (χ1v) is 7.06. The topological polar surface area (TPSA) is 38.9 Å². The van der Waals surface area contributed by atoms with Crippen molar-refractivity contribution < 1.29 is 4.39 Å². The van der Waals surface area contributed by atoms with Crippen LogP contribution in [-0.4, -0.2) is 4.98 Å². The van der Waals surface area contributed by atoms with Crippen LogP contribution in [0.15, 0.2) is 48.8 Å². The zero-order valence-corrected chi connectivity index (χ0v) is 12.0. The quantitative estimate of drug-likeness (QED) is 0.894. The lowest BCUT2D eigenvalue weighted by molar-refractivity contribution is 0.315. The molecular weight excluding hydrogens is 251 g/mol. The molecule has 0 aliphatic heterocycles. The maximum Gasteiger partial charge on any atom is 0.146 e. The largest absolute Gasteiger partial charge is 0.323 e. The predicted octanol–water partition coefficient (Wildman–Crippen LogP) is 3.98. The van der Waals surface area contributed by atoms with Gasteiger partial charge >= 0.3 is 0 Å². The molecule has 0 saturated heterocycles. The van der Waals surface area contributed by atoms with Gasteiger partial charge in [0.05, 0.1) is 6.20 Å². The molecule has 0 spiro atoms. The number of rotatable bonds is 5. The van der Waals surface area contributed by atoms with Crippen molar-refractivity contribution in [2.24, 2.45) is 5.73 Å². The van der Waals surface area contributed by atoms with Crippen molar-refractivity contribution >= 4 is 0 Å². The third kappa shape index (κ3) is 2.46. The van der Waals surface area contributed by atoms with Crippen LogP contribution in [0, 0.1) is 5.82 Å². The van der Waals surface area contributed by atoms with Crippen LogP contribution in [0.5, 0.6) is 0 Å². The smallest absolute Gasteiger partial charge is 0.146 e. The molecular formula is C17H21FN2. The van der Waals surface area contributed by atoms with Gasteiger partial charge in [-0.1, -0.05) is 44.2 Å². The van der Waals surface area contributed by atoms with E-state index in [2.05, 4.69) is 31.0 Å². The molecule has 2 rings (SSSR count). The van der Waals surface area contributed by atoms with Crippen molar-refractivity contribution in [1.82, 2.24) is 4.98 Å². The average Bonchev–Trinajstić information content (AvgIpc) is 2.50. The zero-order valence-electron chi connectivity index (χ0n) is 12.0. The van der Waals surface area contributed by atoms with Gasteiger partial charge in [0.25, 0.3) is 0 Å². The number of hydrogen-bond donors (Lipinski definition) is 1. The first kappa shape index (κ1) is 14.7. The second kappa shape index (κ2) is 6.14. The van der Waals surface area contributed by atoms with Gasteiger partial charge in [0, 0.05) is 23.2 Å². The highest BCUT2D eigenvalue weighted by Crippen LogP contribution is 2.42. The molecule has 0 amide bonds. The molecule has 0 aliphatic carbocycles. The fourth-order valence-electron chi connectivity index (χ4n) is 2.98. The molecule has 3 heteroatoms. The van der Waals surface area contributed by atoms with Crippen LogP contribution >= 0.6 is 0 Å². The van der Waals surface area contributed by atoms with E-state index in [1.807, 2.05) is 18.2 Å². The van der Waals surface area contributed by atoms with Gasteiger partial charge in [-0.2, -0.15) is 0 Å². The summed E-state index contributed by atoms with van der Waals surface area (Å²) < 4.78 is 14.0. The number of benzene rings is 1. The molecule has 1 atom stereocenters. The Labute approximate surface area is 119 Å². The first-order chi connectivity index (χ1) is 9.65. The summed E-state index contributed by atoms with van der Waals surface area (Å²) >= 11 is 0. The minimum Gasteiger partial charge on any atom is -0.323 e. The fourth-order valence-corrected chi connectivity index (χ4v) is 2.98. The molecule has 2 N–H and O–H groups in total. The molecule has 0 radical (unpaired) electrons. The van der Waals surface area contributed by atoms with Crippen molar-refractivity contribution in [3.05, 3.63) is 65.7 Å². The second-order valence-electron chi connectivity index (χ2n) is 5.10. The van der Waals surface area contributed by atoms with Gasteiger partial charge in [0.15, 0.2) is 0 Å². The van der Waals surface area contributed by atoms with Gasteiger partial charge < -0.3 is 5.73 Å². The predicted molar refractivity (Wildman–Crippen MR) is 79.8 cm³/mol. The van der Waals surface area contributed by atoms with E-state index in [0.717, 1.165) is 18.4 Å². The Bertz CT molecular complexity index is 550. The van der Waals surface area contributed by atoms with Crippen LogP contribution in [0.4, 0.5) is 4.39 Å². The molecule has 0 fully saturated rings. The van der Waals surface area contributed by atoms with Crippen LogP contribution in [0.25, 0.3) is 0 Å². The highest BCUT2D eigenvalue weighted by molar-refractivity contribution is 5.32. The number of nitrogens with two attached hydrogens (primary N) is 1. The van der Waals surface area contributed by atoms with Crippen LogP contribution in [0.3, 0.4) is 0 Å². The van der Waals surface area contributed by atoms with E-state index in [1.54, 1.807) is 12.3 Å². The van der Waals surface area contributed by atoms with E-state index in [-0.39, 0.29) is 17.3 Å². The normalized spacial score (nSPS) is 13.2. The van der Waals surface area contributed by atoms with Gasteiger partial charge in [0.1, 0.15) is 5.82 Å². The van der Waals surface area contributed by atoms with E-state index in [9.17, 15) is 4.39 Å². The summed E-state index contributed by atoms with van der Waals surface area (Å²) in [6.45, 7) is 4.21. The monoisotopic (exact) mass is 272 g/mol. The molecule has 0 aliphatic rings. The van der Waals surface area contributed by atoms with Gasteiger partial charge in [-0.25, -0.2) is 4.39 Å². The summed E-state index contributed by atoms with van der Waals surface area (Å²) in [4.78, 5) is 3.80. The highest BCUT2D eigenvalue weighted by Gasteiger charge is 2.37. The Morgan fingerprint density at radius 2 is 1.80 bits per heavy atom. The molecule has 1 heterocycles. The Hall–Kier alpha value is -1.74. The molecule has 1 aromatic carbocycles. The van der Waals surface area contributed by atoms with Crippen molar-refractivity contribution in [2.75, 3.05) is 0 Å². The molecule has 1 unspecified atom stereocenters. The summed E-state index contributed by atoms with van der Waals surface area (Å²) in [5.41, 5.74) is 7.90. The van der Waals surface area contributed by atoms with E-state index < -0.39 is 0 Å². The Balaban J connectivity index is 2.51. The molecule has 1 aromatic heterocycles. The zero-order chi connectivity index (χ0) is 14.6. The first-order valence-electron chi connectivity index (χ1n) is 7.06. The summed E-state index contributed by atoms with van der Waals surface area (Å²) in [6.07, 6.45) is 4.54. The second-order valence-corrected chi connectivity index (χ2v) is 5.10. The van der Waals surface area contributed by atoms with Gasteiger partial charge in [-0.3, -0.25) is 4.98 Å². The lowest BCUT2D eigenvalue weighted by atomic mass is 9.68. The number of nitrogens with zero attached hydrogens (tertiary/aromatic N) is 1. The van der Waals surface area contributed by atoms with Gasteiger partial charge in [-0.15, -0.1) is 0 Å². The highest BCUT2D eigenvalue weighted by atomic mass is 19.1. The van der Waals surface area contributed by atoms with Crippen LogP contribution in [0.2, 0.25) is 0 Å². The minimum absolute atomic E-state index is 0.260. The maximum absolute atomic E-state index is 14.0. The average molecular weight is 272 g/mol. The molecule has 0 bridgehead atoms. The van der Waals surface area contributed by atoms with E-state index >= 15 is 0 Å². The molecule has 106 valence electrons. The molecule has 2 aromatic rings. The number of halogens is 1. The van der Waals surface area contributed by atoms with E-state index in [0.29, 0.717) is 5.56 Å². The SMILES string of the molecule is CCC(CC)(c1ccccc1)C(N)c1ccncc1F. The van der Waals surface area contributed by atoms with Gasteiger partial charge in [-0.05, 0) is 24.5 Å². The van der Waals surface area contributed by atoms with E-state index in [4.69, 9.17) is 5.73 Å². The standard InChI is InChI=1S/C17H21FN2/c1-3-17(4-2,13-8-6-5-7-9-13)16(19)14-10-11-20-12-15(14)18/h5-12,16H,3-4,19H2,1-2H3. The molecule has 20 heavy (non-hydrogen) atoms. The lowest BCUT2D eigenvalue weighted by Gasteiger charge is -2.38. The number of pyridine rings is 1. The Kier molecular flexibility index (Phi) is 4.50. The molecule has 2 nitrogen and oxygen atoms in total. The van der Waals surface area contributed by atoms with Crippen molar-refractivity contribution in [2.45, 2.75) is 38.1 Å². The minimum atomic E-state index is -0.386. The summed E-state index contributed by atoms with van der Waals surface area (Å²) in [5, 5.41) is 0. The lowest BCUT2D eigenvalue weighted by Crippen LogP contribution is -2.38. The van der Waals surface area contributed by atoms with Gasteiger partial charge in [0.2, 0.25) is 0 Å². The van der Waals surface area contributed by atoms with Crippen LogP contribution in [-0.2, 0) is 5.41 Å². The van der Waals surface area contributed by atoms with Crippen LogP contribution in [0.1, 0.15) is 43.9 Å². The maximum atomic E-state index is 14.0. The molecule has 0 saturated carbocycles. The van der Waals surface area contributed by atoms with Crippen molar-refractivity contribution in [3.8, 4) is 0 Å². The number of aromatic nitrogens is 1. The van der Waals surface area contributed by atoms with Crippen molar-refractivity contribution in [1.29, 1.82) is 0 Å². The summed E-state index contributed by atoms with van der Waals surface area (Å²) in [7, 11) is 0. The fraction of sp³-hybridized carbons (Fsp3) is 0.353. The summed E-state index contributed by atoms with van der Waals surface area (Å²) in [6, 6.07) is 11.4. The number of hydrogen-bond acceptors (Lipinski definition) is 2.